The van der Waals surface area contributed by atoms with Crippen molar-refractivity contribution in [3.8, 4) is 0 Å². The smallest absolute Gasteiger partial charge is 0.243 e. The Morgan fingerprint density at radius 1 is 1.23 bits per heavy atom. The molecule has 0 spiro atoms. The molecule has 2 heterocycles. The van der Waals surface area contributed by atoms with Crippen molar-refractivity contribution in [2.75, 3.05) is 19.6 Å². The monoisotopic (exact) mass is 319 g/mol. The van der Waals surface area contributed by atoms with Crippen molar-refractivity contribution in [1.29, 1.82) is 0 Å². The zero-order chi connectivity index (χ0) is 15.6. The number of rotatable bonds is 2. The summed E-state index contributed by atoms with van der Waals surface area (Å²) in [4.78, 5) is 4.43. The summed E-state index contributed by atoms with van der Waals surface area (Å²) in [6, 6.07) is 7.10. The van der Waals surface area contributed by atoms with Gasteiger partial charge in [0.15, 0.2) is 0 Å². The van der Waals surface area contributed by atoms with Crippen molar-refractivity contribution in [3.63, 3.8) is 0 Å². The summed E-state index contributed by atoms with van der Waals surface area (Å²) in [6.45, 7) is 4.26. The van der Waals surface area contributed by atoms with E-state index >= 15 is 0 Å². The quantitative estimate of drug-likeness (QED) is 0.919. The standard InChI is InChI=1S/C16H21N3O2S/c1-13-5-8-17-7-2-10-19(13)22(20,21)16-4-3-15-12-18-9-6-14(15)11-16/h3-4,6,9,11-13,17H,2,5,7-8,10H2,1H3/t13-/m1/s1. The molecule has 1 atom stereocenters. The fourth-order valence-corrected chi connectivity index (χ4v) is 4.61. The molecule has 1 aliphatic rings. The molecule has 22 heavy (non-hydrogen) atoms. The zero-order valence-corrected chi connectivity index (χ0v) is 13.5. The van der Waals surface area contributed by atoms with E-state index in [9.17, 15) is 8.42 Å². The zero-order valence-electron chi connectivity index (χ0n) is 12.7. The molecule has 5 nitrogen and oxygen atoms in total. The van der Waals surface area contributed by atoms with Crippen LogP contribution < -0.4 is 5.32 Å². The van der Waals surface area contributed by atoms with Gasteiger partial charge >= 0.3 is 0 Å². The van der Waals surface area contributed by atoms with E-state index < -0.39 is 10.0 Å². The number of hydrogen-bond donors (Lipinski definition) is 1. The van der Waals surface area contributed by atoms with Crippen LogP contribution in [0, 0.1) is 0 Å². The first kappa shape index (κ1) is 15.4. The first-order chi connectivity index (χ1) is 10.6. The van der Waals surface area contributed by atoms with Gasteiger partial charge in [0, 0.05) is 30.4 Å². The second-order valence-electron chi connectivity index (χ2n) is 5.74. The molecule has 1 aromatic heterocycles. The lowest BCUT2D eigenvalue weighted by Gasteiger charge is -2.30. The molecule has 6 heteroatoms. The molecule has 1 aliphatic heterocycles. The molecule has 118 valence electrons. The Bertz CT molecular complexity index is 761. The first-order valence-electron chi connectivity index (χ1n) is 7.65. The fraction of sp³-hybridized carbons (Fsp3) is 0.438. The highest BCUT2D eigenvalue weighted by atomic mass is 32.2. The maximum Gasteiger partial charge on any atom is 0.243 e. The molecule has 0 saturated carbocycles. The van der Waals surface area contributed by atoms with Gasteiger partial charge in [-0.1, -0.05) is 6.07 Å². The lowest BCUT2D eigenvalue weighted by molar-refractivity contribution is 0.297. The maximum absolute atomic E-state index is 13.0. The van der Waals surface area contributed by atoms with Crippen LogP contribution in [0.25, 0.3) is 10.8 Å². The van der Waals surface area contributed by atoms with Gasteiger partial charge < -0.3 is 5.32 Å². The Labute approximate surface area is 131 Å². The topological polar surface area (TPSA) is 62.3 Å². The normalized spacial score (nSPS) is 21.4. The summed E-state index contributed by atoms with van der Waals surface area (Å²) in [7, 11) is -3.46. The molecule has 2 aromatic rings. The van der Waals surface area contributed by atoms with Gasteiger partial charge in [-0.2, -0.15) is 4.31 Å². The van der Waals surface area contributed by atoms with Crippen molar-refractivity contribution in [2.24, 2.45) is 0 Å². The van der Waals surface area contributed by atoms with Gasteiger partial charge in [-0.15, -0.1) is 0 Å². The number of fused-ring (bicyclic) bond motifs is 1. The second kappa shape index (κ2) is 6.32. The lowest BCUT2D eigenvalue weighted by Crippen LogP contribution is -2.43. The van der Waals surface area contributed by atoms with E-state index in [0.29, 0.717) is 11.4 Å². The number of aromatic nitrogens is 1. The van der Waals surface area contributed by atoms with Gasteiger partial charge in [0.05, 0.1) is 4.90 Å². The van der Waals surface area contributed by atoms with Crippen LogP contribution in [0.15, 0.2) is 41.6 Å². The van der Waals surface area contributed by atoms with Crippen LogP contribution in [0.3, 0.4) is 0 Å². The van der Waals surface area contributed by atoms with Crippen molar-refractivity contribution < 1.29 is 8.42 Å². The molecule has 1 fully saturated rings. The molecule has 0 amide bonds. The van der Waals surface area contributed by atoms with Gasteiger partial charge in [0.2, 0.25) is 10.0 Å². The molecular formula is C16H21N3O2S. The van der Waals surface area contributed by atoms with Gasteiger partial charge in [-0.25, -0.2) is 8.42 Å². The van der Waals surface area contributed by atoms with Crippen molar-refractivity contribution in [2.45, 2.75) is 30.7 Å². The third-order valence-corrected chi connectivity index (χ3v) is 6.19. The maximum atomic E-state index is 13.0. The summed E-state index contributed by atoms with van der Waals surface area (Å²) < 4.78 is 27.6. The molecule has 0 aliphatic carbocycles. The number of benzene rings is 1. The van der Waals surface area contributed by atoms with E-state index in [1.807, 2.05) is 19.1 Å². The van der Waals surface area contributed by atoms with Crippen LogP contribution >= 0.6 is 0 Å². The Morgan fingerprint density at radius 3 is 2.95 bits per heavy atom. The van der Waals surface area contributed by atoms with Gasteiger partial charge in [0.25, 0.3) is 0 Å². The van der Waals surface area contributed by atoms with Gasteiger partial charge in [-0.3, -0.25) is 4.98 Å². The predicted molar refractivity (Wildman–Crippen MR) is 87.2 cm³/mol. The average molecular weight is 319 g/mol. The van der Waals surface area contributed by atoms with Crippen molar-refractivity contribution in [1.82, 2.24) is 14.6 Å². The number of nitrogens with one attached hydrogen (secondary N) is 1. The minimum Gasteiger partial charge on any atom is -0.317 e. The van der Waals surface area contributed by atoms with Crippen LogP contribution in [-0.4, -0.2) is 43.4 Å². The average Bonchev–Trinajstić information content (AvgIpc) is 2.50. The second-order valence-corrected chi connectivity index (χ2v) is 7.63. The molecule has 0 radical (unpaired) electrons. The first-order valence-corrected chi connectivity index (χ1v) is 9.09. The van der Waals surface area contributed by atoms with E-state index in [2.05, 4.69) is 10.3 Å². The fourth-order valence-electron chi connectivity index (χ4n) is 2.87. The third kappa shape index (κ3) is 2.99. The highest BCUT2D eigenvalue weighted by Gasteiger charge is 2.29. The van der Waals surface area contributed by atoms with E-state index in [1.54, 1.807) is 28.8 Å². The van der Waals surface area contributed by atoms with E-state index in [0.717, 1.165) is 36.7 Å². The minimum absolute atomic E-state index is 0.00550. The van der Waals surface area contributed by atoms with Crippen molar-refractivity contribution >= 4 is 20.8 Å². The number of sulfonamides is 1. The largest absolute Gasteiger partial charge is 0.317 e. The van der Waals surface area contributed by atoms with Gasteiger partial charge in [-0.05, 0) is 56.4 Å². The Balaban J connectivity index is 1.98. The van der Waals surface area contributed by atoms with Crippen LogP contribution in [0.4, 0.5) is 0 Å². The molecule has 0 bridgehead atoms. The summed E-state index contributed by atoms with van der Waals surface area (Å²) in [5.74, 6) is 0. The lowest BCUT2D eigenvalue weighted by atomic mass is 10.2. The molecule has 0 unspecified atom stereocenters. The summed E-state index contributed by atoms with van der Waals surface area (Å²) in [5, 5.41) is 5.18. The molecule has 1 aromatic carbocycles. The van der Waals surface area contributed by atoms with Crippen molar-refractivity contribution in [3.05, 3.63) is 36.7 Å². The van der Waals surface area contributed by atoms with E-state index in [1.165, 1.54) is 0 Å². The number of hydrogen-bond acceptors (Lipinski definition) is 4. The third-order valence-electron chi connectivity index (χ3n) is 4.18. The van der Waals surface area contributed by atoms with E-state index in [4.69, 9.17) is 0 Å². The highest BCUT2D eigenvalue weighted by Crippen LogP contribution is 2.24. The molecule has 1 N–H and O–H groups in total. The Kier molecular flexibility index (Phi) is 4.42. The highest BCUT2D eigenvalue weighted by molar-refractivity contribution is 7.89. The van der Waals surface area contributed by atoms with Gasteiger partial charge in [0.1, 0.15) is 0 Å². The van der Waals surface area contributed by atoms with Crippen LogP contribution in [0.2, 0.25) is 0 Å². The summed E-state index contributed by atoms with van der Waals surface area (Å²) >= 11 is 0. The number of pyridine rings is 1. The molecular weight excluding hydrogens is 298 g/mol. The number of nitrogens with zero attached hydrogens (tertiary/aromatic N) is 2. The minimum atomic E-state index is -3.46. The van der Waals surface area contributed by atoms with Crippen LogP contribution in [-0.2, 0) is 10.0 Å². The summed E-state index contributed by atoms with van der Waals surface area (Å²) in [6.07, 6.45) is 5.09. The van der Waals surface area contributed by atoms with E-state index in [-0.39, 0.29) is 6.04 Å². The Morgan fingerprint density at radius 2 is 2.09 bits per heavy atom. The SMILES string of the molecule is C[C@@H]1CCNCCCN1S(=O)(=O)c1ccc2cnccc2c1. The van der Waals surface area contributed by atoms with Crippen LogP contribution in [0.1, 0.15) is 19.8 Å². The Hall–Kier alpha value is -1.50. The van der Waals surface area contributed by atoms with Crippen LogP contribution in [0.5, 0.6) is 0 Å². The molecule has 1 saturated heterocycles. The summed E-state index contributed by atoms with van der Waals surface area (Å²) in [5.41, 5.74) is 0. The molecule has 3 rings (SSSR count). The predicted octanol–water partition coefficient (Wildman–Crippen LogP) is 2.00.